The van der Waals surface area contributed by atoms with Gasteiger partial charge in [0, 0.05) is 13.1 Å². The molecule has 1 aliphatic rings. The van der Waals surface area contributed by atoms with Gasteiger partial charge in [0.05, 0.1) is 13.0 Å². The minimum absolute atomic E-state index is 0.0760. The first-order valence-electron chi connectivity index (χ1n) is 8.41. The highest BCUT2D eigenvalue weighted by molar-refractivity contribution is 5.79. The molecule has 126 valence electrons. The topological polar surface area (TPSA) is 29.5 Å². The van der Waals surface area contributed by atoms with Gasteiger partial charge in [0.15, 0.2) is 0 Å². The molecule has 0 saturated carbocycles. The highest BCUT2D eigenvalue weighted by Gasteiger charge is 2.26. The summed E-state index contributed by atoms with van der Waals surface area (Å²) in [5.41, 5.74) is 0.732. The molecule has 0 aromatic heterocycles. The third-order valence-corrected chi connectivity index (χ3v) is 4.42. The molecule has 1 aliphatic heterocycles. The monoisotopic (exact) mass is 327 g/mol. The van der Waals surface area contributed by atoms with Crippen LogP contribution in [0.1, 0.15) is 18.4 Å². The predicted octanol–water partition coefficient (Wildman–Crippen LogP) is 3.69. The summed E-state index contributed by atoms with van der Waals surface area (Å²) in [7, 11) is 0. The molecule has 3 nitrogen and oxygen atoms in total. The second kappa shape index (κ2) is 7.95. The van der Waals surface area contributed by atoms with E-state index < -0.39 is 0 Å². The number of ether oxygens (including phenoxy) is 1. The average molecular weight is 327 g/mol. The maximum Gasteiger partial charge on any atom is 0.227 e. The first-order chi connectivity index (χ1) is 11.7. The maximum atomic E-state index is 13.2. The lowest BCUT2D eigenvalue weighted by molar-refractivity contribution is -0.129. The first kappa shape index (κ1) is 16.5. The van der Waals surface area contributed by atoms with Crippen LogP contribution < -0.4 is 4.74 Å². The minimum atomic E-state index is -0.294. The molecule has 1 heterocycles. The standard InChI is InChI=1S/C20H22FNO2/c21-18-6-4-5-17(13-18)14-20(23)22-11-9-16(15-22)10-12-24-19-7-2-1-3-8-19/h1-8,13,16H,9-12,14-15H2. The molecule has 2 aromatic rings. The van der Waals surface area contributed by atoms with Gasteiger partial charge in [-0.15, -0.1) is 0 Å². The summed E-state index contributed by atoms with van der Waals surface area (Å²) in [6.07, 6.45) is 2.22. The van der Waals surface area contributed by atoms with Crippen LogP contribution in [0.15, 0.2) is 54.6 Å². The number of hydrogen-bond donors (Lipinski definition) is 0. The van der Waals surface area contributed by atoms with Gasteiger partial charge in [-0.1, -0.05) is 30.3 Å². The van der Waals surface area contributed by atoms with Gasteiger partial charge >= 0.3 is 0 Å². The Balaban J connectivity index is 1.42. The van der Waals surface area contributed by atoms with Crippen molar-refractivity contribution in [1.82, 2.24) is 4.90 Å². The van der Waals surface area contributed by atoms with Gasteiger partial charge in [-0.05, 0) is 48.6 Å². The Bertz CT molecular complexity index is 674. The van der Waals surface area contributed by atoms with E-state index in [4.69, 9.17) is 4.74 Å². The molecule has 1 atom stereocenters. The van der Waals surface area contributed by atoms with Crippen molar-refractivity contribution < 1.29 is 13.9 Å². The SMILES string of the molecule is O=C(Cc1cccc(F)c1)N1CCC(CCOc2ccccc2)C1. The van der Waals surface area contributed by atoms with Crippen molar-refractivity contribution in [1.29, 1.82) is 0 Å². The second-order valence-electron chi connectivity index (χ2n) is 6.25. The van der Waals surface area contributed by atoms with Crippen molar-refractivity contribution in [2.24, 2.45) is 5.92 Å². The lowest BCUT2D eigenvalue weighted by atomic mass is 10.1. The van der Waals surface area contributed by atoms with E-state index >= 15 is 0 Å². The molecule has 2 aromatic carbocycles. The van der Waals surface area contributed by atoms with Gasteiger partial charge in [0.25, 0.3) is 0 Å². The molecule has 24 heavy (non-hydrogen) atoms. The van der Waals surface area contributed by atoms with Crippen LogP contribution in [0.25, 0.3) is 0 Å². The quantitative estimate of drug-likeness (QED) is 0.810. The van der Waals surface area contributed by atoms with Crippen molar-refractivity contribution in [2.45, 2.75) is 19.3 Å². The third-order valence-electron chi connectivity index (χ3n) is 4.42. The summed E-state index contributed by atoms with van der Waals surface area (Å²) in [6.45, 7) is 2.22. The van der Waals surface area contributed by atoms with Crippen LogP contribution in [0.5, 0.6) is 5.75 Å². The van der Waals surface area contributed by atoms with Crippen molar-refractivity contribution >= 4 is 5.91 Å². The second-order valence-corrected chi connectivity index (χ2v) is 6.25. The van der Waals surface area contributed by atoms with Gasteiger partial charge < -0.3 is 9.64 Å². The maximum absolute atomic E-state index is 13.2. The van der Waals surface area contributed by atoms with Crippen LogP contribution in [-0.4, -0.2) is 30.5 Å². The largest absolute Gasteiger partial charge is 0.494 e. The van der Waals surface area contributed by atoms with E-state index in [1.165, 1.54) is 12.1 Å². The Kier molecular flexibility index (Phi) is 5.47. The molecule has 0 aliphatic carbocycles. The van der Waals surface area contributed by atoms with E-state index in [0.717, 1.165) is 37.2 Å². The minimum Gasteiger partial charge on any atom is -0.494 e. The summed E-state index contributed by atoms with van der Waals surface area (Å²) in [6, 6.07) is 16.0. The highest BCUT2D eigenvalue weighted by atomic mass is 19.1. The first-order valence-corrected chi connectivity index (χ1v) is 8.41. The van der Waals surface area contributed by atoms with E-state index in [9.17, 15) is 9.18 Å². The van der Waals surface area contributed by atoms with Gasteiger partial charge in [-0.2, -0.15) is 0 Å². The predicted molar refractivity (Wildman–Crippen MR) is 91.3 cm³/mol. The van der Waals surface area contributed by atoms with Crippen molar-refractivity contribution in [2.75, 3.05) is 19.7 Å². The van der Waals surface area contributed by atoms with Crippen molar-refractivity contribution in [3.05, 3.63) is 66.0 Å². The number of hydrogen-bond acceptors (Lipinski definition) is 2. The van der Waals surface area contributed by atoms with Gasteiger partial charge in [0.2, 0.25) is 5.91 Å². The van der Waals surface area contributed by atoms with Crippen LogP contribution in [0.3, 0.4) is 0 Å². The van der Waals surface area contributed by atoms with Crippen molar-refractivity contribution in [3.8, 4) is 5.75 Å². The highest BCUT2D eigenvalue weighted by Crippen LogP contribution is 2.21. The number of nitrogens with zero attached hydrogens (tertiary/aromatic N) is 1. The van der Waals surface area contributed by atoms with Gasteiger partial charge in [-0.25, -0.2) is 4.39 Å². The fourth-order valence-electron chi connectivity index (χ4n) is 3.09. The number of rotatable bonds is 6. The number of carbonyl (C=O) groups excluding carboxylic acids is 1. The Morgan fingerprint density at radius 1 is 1.17 bits per heavy atom. The number of benzene rings is 2. The molecule has 1 fully saturated rings. The zero-order chi connectivity index (χ0) is 16.8. The summed E-state index contributed by atoms with van der Waals surface area (Å²) in [5.74, 6) is 1.14. The Morgan fingerprint density at radius 2 is 2.00 bits per heavy atom. The molecule has 1 unspecified atom stereocenters. The average Bonchev–Trinajstić information content (AvgIpc) is 3.05. The van der Waals surface area contributed by atoms with E-state index in [1.54, 1.807) is 12.1 Å². The van der Waals surface area contributed by atoms with Crippen LogP contribution in [0, 0.1) is 11.7 Å². The van der Waals surface area contributed by atoms with Gasteiger partial charge in [-0.3, -0.25) is 4.79 Å². The summed E-state index contributed by atoms with van der Waals surface area (Å²) in [5, 5.41) is 0. The molecule has 0 spiro atoms. The number of halogens is 1. The molecule has 3 rings (SSSR count). The fourth-order valence-corrected chi connectivity index (χ4v) is 3.09. The van der Waals surface area contributed by atoms with E-state index in [2.05, 4.69) is 0 Å². The van der Waals surface area contributed by atoms with E-state index in [-0.39, 0.29) is 18.1 Å². The Labute approximate surface area is 142 Å². The molecule has 0 radical (unpaired) electrons. The van der Waals surface area contributed by atoms with Crippen LogP contribution in [0.2, 0.25) is 0 Å². The zero-order valence-electron chi connectivity index (χ0n) is 13.7. The molecular formula is C20H22FNO2. The summed E-state index contributed by atoms with van der Waals surface area (Å²) in [4.78, 5) is 14.2. The van der Waals surface area contributed by atoms with Crippen LogP contribution >= 0.6 is 0 Å². The number of carbonyl (C=O) groups is 1. The lowest BCUT2D eigenvalue weighted by Gasteiger charge is -2.17. The third kappa shape index (κ3) is 4.57. The van der Waals surface area contributed by atoms with E-state index in [1.807, 2.05) is 35.2 Å². The molecule has 1 saturated heterocycles. The number of likely N-dealkylation sites (tertiary alicyclic amines) is 1. The smallest absolute Gasteiger partial charge is 0.227 e. The lowest BCUT2D eigenvalue weighted by Crippen LogP contribution is -2.30. The molecule has 1 amide bonds. The fraction of sp³-hybridized carbons (Fsp3) is 0.350. The van der Waals surface area contributed by atoms with Crippen LogP contribution in [-0.2, 0) is 11.2 Å². The molecular weight excluding hydrogens is 305 g/mol. The zero-order valence-corrected chi connectivity index (χ0v) is 13.7. The number of amides is 1. The van der Waals surface area contributed by atoms with Crippen molar-refractivity contribution in [3.63, 3.8) is 0 Å². The van der Waals surface area contributed by atoms with E-state index in [0.29, 0.717) is 12.5 Å². The molecule has 4 heteroatoms. The normalized spacial score (nSPS) is 17.0. The Hall–Kier alpha value is -2.36. The van der Waals surface area contributed by atoms with Gasteiger partial charge in [0.1, 0.15) is 11.6 Å². The number of para-hydroxylation sites is 1. The summed E-state index contributed by atoms with van der Waals surface area (Å²) < 4.78 is 18.9. The van der Waals surface area contributed by atoms with Crippen LogP contribution in [0.4, 0.5) is 4.39 Å². The molecule has 0 N–H and O–H groups in total. The summed E-state index contributed by atoms with van der Waals surface area (Å²) >= 11 is 0. The Morgan fingerprint density at radius 3 is 2.79 bits per heavy atom. The molecule has 0 bridgehead atoms.